The number of hydrogen-bond acceptors (Lipinski definition) is 6. The molecule has 0 amide bonds. The highest BCUT2D eigenvalue weighted by molar-refractivity contribution is 14.0. The molecule has 136 valence electrons. The van der Waals surface area contributed by atoms with Crippen LogP contribution >= 0.6 is 24.0 Å². The van der Waals surface area contributed by atoms with Gasteiger partial charge in [-0.05, 0) is 19.1 Å². The number of aryl methyl sites for hydroxylation is 1. The maximum Gasteiger partial charge on any atom is 0.223 e. The molecule has 0 spiro atoms. The average molecular weight is 459 g/mol. The summed E-state index contributed by atoms with van der Waals surface area (Å²) in [5.74, 6) is 3.30. The Bertz CT molecular complexity index is 707. The Morgan fingerprint density at radius 3 is 2.80 bits per heavy atom. The summed E-state index contributed by atoms with van der Waals surface area (Å²) in [5.41, 5.74) is 0. The Hall–Kier alpha value is -2.04. The van der Waals surface area contributed by atoms with Crippen LogP contribution < -0.4 is 20.1 Å². The standard InChI is InChI=1S/C16H21N5O3.HI/c1-3-17-16(19-9-15-20-11(2)24-21-15)18-8-12-10-22-13-6-4-5-7-14(13)23-12;/h4-7,12H,3,8-10H2,1-2H3,(H2,17,18,19);1H. The van der Waals surface area contributed by atoms with Crippen LogP contribution in [0.2, 0.25) is 0 Å². The topological polar surface area (TPSA) is 93.8 Å². The molecule has 1 aliphatic heterocycles. The van der Waals surface area contributed by atoms with Crippen molar-refractivity contribution in [1.82, 2.24) is 20.8 Å². The minimum Gasteiger partial charge on any atom is -0.486 e. The van der Waals surface area contributed by atoms with Gasteiger partial charge in [-0.3, -0.25) is 0 Å². The van der Waals surface area contributed by atoms with Gasteiger partial charge in [0.15, 0.2) is 23.3 Å². The summed E-state index contributed by atoms with van der Waals surface area (Å²) in [4.78, 5) is 8.57. The average Bonchev–Trinajstić information content (AvgIpc) is 3.02. The lowest BCUT2D eigenvalue weighted by Gasteiger charge is -2.27. The summed E-state index contributed by atoms with van der Waals surface area (Å²) >= 11 is 0. The molecule has 1 unspecified atom stereocenters. The Morgan fingerprint density at radius 2 is 2.08 bits per heavy atom. The number of guanidine groups is 1. The number of aromatic nitrogens is 2. The molecule has 2 aromatic rings. The van der Waals surface area contributed by atoms with Gasteiger partial charge in [0, 0.05) is 13.5 Å². The predicted molar refractivity (Wildman–Crippen MR) is 104 cm³/mol. The summed E-state index contributed by atoms with van der Waals surface area (Å²) in [6, 6.07) is 7.66. The second kappa shape index (κ2) is 9.44. The van der Waals surface area contributed by atoms with E-state index in [0.717, 1.165) is 18.0 Å². The van der Waals surface area contributed by atoms with Gasteiger partial charge in [0.05, 0.1) is 6.54 Å². The smallest absolute Gasteiger partial charge is 0.223 e. The van der Waals surface area contributed by atoms with Gasteiger partial charge in [-0.1, -0.05) is 17.3 Å². The van der Waals surface area contributed by atoms with Crippen molar-refractivity contribution >= 4 is 29.9 Å². The lowest BCUT2D eigenvalue weighted by atomic mass is 10.2. The normalized spacial score (nSPS) is 16.1. The van der Waals surface area contributed by atoms with Gasteiger partial charge in [0.25, 0.3) is 0 Å². The third kappa shape index (κ3) is 5.48. The first-order valence-corrected chi connectivity index (χ1v) is 7.94. The molecule has 3 rings (SSSR count). The molecule has 0 saturated heterocycles. The molecular formula is C16H22IN5O3. The van der Waals surface area contributed by atoms with Crippen molar-refractivity contribution in [2.75, 3.05) is 19.7 Å². The third-order valence-electron chi connectivity index (χ3n) is 3.36. The number of nitrogens with one attached hydrogen (secondary N) is 2. The fraction of sp³-hybridized carbons (Fsp3) is 0.438. The van der Waals surface area contributed by atoms with Gasteiger partial charge in [-0.25, -0.2) is 4.99 Å². The molecule has 0 saturated carbocycles. The lowest BCUT2D eigenvalue weighted by molar-refractivity contribution is 0.0936. The van der Waals surface area contributed by atoms with Crippen LogP contribution in [0.4, 0.5) is 0 Å². The van der Waals surface area contributed by atoms with Crippen LogP contribution in [0.3, 0.4) is 0 Å². The Morgan fingerprint density at radius 1 is 1.28 bits per heavy atom. The molecule has 2 N–H and O–H groups in total. The highest BCUT2D eigenvalue weighted by Crippen LogP contribution is 2.30. The van der Waals surface area contributed by atoms with Crippen LogP contribution in [0, 0.1) is 6.92 Å². The molecule has 25 heavy (non-hydrogen) atoms. The Balaban J connectivity index is 0.00000225. The van der Waals surface area contributed by atoms with Gasteiger partial charge in [-0.15, -0.1) is 24.0 Å². The molecule has 0 radical (unpaired) electrons. The van der Waals surface area contributed by atoms with E-state index in [-0.39, 0.29) is 30.1 Å². The van der Waals surface area contributed by atoms with Crippen molar-refractivity contribution in [2.24, 2.45) is 4.99 Å². The van der Waals surface area contributed by atoms with Gasteiger partial charge in [0.2, 0.25) is 5.89 Å². The van der Waals surface area contributed by atoms with Crippen molar-refractivity contribution in [2.45, 2.75) is 26.5 Å². The molecule has 1 atom stereocenters. The first-order valence-electron chi connectivity index (χ1n) is 7.94. The van der Waals surface area contributed by atoms with E-state index in [9.17, 15) is 0 Å². The van der Waals surface area contributed by atoms with E-state index in [2.05, 4.69) is 25.8 Å². The summed E-state index contributed by atoms with van der Waals surface area (Å²) in [6.45, 7) is 5.92. The van der Waals surface area contributed by atoms with Crippen LogP contribution in [0.5, 0.6) is 11.5 Å². The first-order chi connectivity index (χ1) is 11.7. The van der Waals surface area contributed by atoms with E-state index in [1.807, 2.05) is 31.2 Å². The fourth-order valence-corrected chi connectivity index (χ4v) is 2.27. The molecule has 1 aromatic heterocycles. The summed E-state index contributed by atoms with van der Waals surface area (Å²) < 4.78 is 16.6. The molecule has 9 heteroatoms. The number of nitrogens with zero attached hydrogens (tertiary/aromatic N) is 3. The van der Waals surface area contributed by atoms with Gasteiger partial charge < -0.3 is 24.6 Å². The second-order valence-electron chi connectivity index (χ2n) is 5.30. The number of fused-ring (bicyclic) bond motifs is 1. The minimum atomic E-state index is -0.0869. The lowest BCUT2D eigenvalue weighted by Crippen LogP contribution is -2.45. The number of halogens is 1. The van der Waals surface area contributed by atoms with Crippen molar-refractivity contribution < 1.29 is 14.0 Å². The van der Waals surface area contributed by atoms with Crippen LogP contribution in [0.15, 0.2) is 33.8 Å². The van der Waals surface area contributed by atoms with Crippen molar-refractivity contribution in [3.05, 3.63) is 36.0 Å². The highest BCUT2D eigenvalue weighted by atomic mass is 127. The molecule has 0 bridgehead atoms. The Kier molecular flexibility index (Phi) is 7.29. The molecule has 8 nitrogen and oxygen atoms in total. The van der Waals surface area contributed by atoms with E-state index in [1.165, 1.54) is 0 Å². The first kappa shape index (κ1) is 19.3. The summed E-state index contributed by atoms with van der Waals surface area (Å²) in [6.07, 6.45) is -0.0869. The molecule has 0 aliphatic carbocycles. The van der Waals surface area contributed by atoms with Gasteiger partial charge in [-0.2, -0.15) is 4.98 Å². The SMILES string of the molecule is CCNC(=NCc1noc(C)n1)NCC1COc2ccccc2O1.I. The second-order valence-corrected chi connectivity index (χ2v) is 5.30. The zero-order valence-electron chi connectivity index (χ0n) is 14.2. The number of para-hydroxylation sites is 2. The van der Waals surface area contributed by atoms with E-state index in [0.29, 0.717) is 37.4 Å². The monoisotopic (exact) mass is 459 g/mol. The van der Waals surface area contributed by atoms with E-state index in [1.54, 1.807) is 6.92 Å². The molecule has 1 aromatic carbocycles. The maximum absolute atomic E-state index is 5.92. The maximum atomic E-state index is 5.92. The minimum absolute atomic E-state index is 0. The molecule has 0 fully saturated rings. The molecular weight excluding hydrogens is 437 g/mol. The largest absolute Gasteiger partial charge is 0.486 e. The van der Waals surface area contributed by atoms with E-state index in [4.69, 9.17) is 14.0 Å². The molecule has 2 heterocycles. The van der Waals surface area contributed by atoms with Crippen molar-refractivity contribution in [1.29, 1.82) is 0 Å². The number of hydrogen-bond donors (Lipinski definition) is 2. The quantitative estimate of drug-likeness (QED) is 0.401. The number of ether oxygens (including phenoxy) is 2. The van der Waals surface area contributed by atoms with Crippen molar-refractivity contribution in [3.8, 4) is 11.5 Å². The van der Waals surface area contributed by atoms with E-state index >= 15 is 0 Å². The van der Waals surface area contributed by atoms with Crippen LogP contribution in [0.25, 0.3) is 0 Å². The third-order valence-corrected chi connectivity index (χ3v) is 3.36. The molecule has 1 aliphatic rings. The van der Waals surface area contributed by atoms with Gasteiger partial charge in [0.1, 0.15) is 19.3 Å². The zero-order valence-corrected chi connectivity index (χ0v) is 16.5. The predicted octanol–water partition coefficient (Wildman–Crippen LogP) is 1.89. The van der Waals surface area contributed by atoms with Crippen molar-refractivity contribution in [3.63, 3.8) is 0 Å². The summed E-state index contributed by atoms with van der Waals surface area (Å²) in [5, 5.41) is 10.3. The summed E-state index contributed by atoms with van der Waals surface area (Å²) in [7, 11) is 0. The van der Waals surface area contributed by atoms with Crippen LogP contribution in [0.1, 0.15) is 18.6 Å². The van der Waals surface area contributed by atoms with E-state index < -0.39 is 0 Å². The zero-order chi connectivity index (χ0) is 16.8. The van der Waals surface area contributed by atoms with Crippen LogP contribution in [-0.2, 0) is 6.54 Å². The Labute approximate surface area is 163 Å². The van der Waals surface area contributed by atoms with Crippen LogP contribution in [-0.4, -0.2) is 41.9 Å². The number of rotatable bonds is 5. The van der Waals surface area contributed by atoms with Gasteiger partial charge >= 0.3 is 0 Å². The number of benzene rings is 1. The highest BCUT2D eigenvalue weighted by Gasteiger charge is 2.20. The fourth-order valence-electron chi connectivity index (χ4n) is 2.27. The number of aliphatic imine (C=N–C) groups is 1.